The number of aromatic amines is 1. The summed E-state index contributed by atoms with van der Waals surface area (Å²) in [6.07, 6.45) is 1.52. The predicted octanol–water partition coefficient (Wildman–Crippen LogP) is -1.33. The number of aromatic nitrogens is 2. The lowest BCUT2D eigenvalue weighted by atomic mass is 10.4. The smallest absolute Gasteiger partial charge is 0.269 e. The Morgan fingerprint density at radius 3 is 2.93 bits per heavy atom. The fourth-order valence-electron chi connectivity index (χ4n) is 0.923. The molecule has 1 aromatic rings. The highest BCUT2D eigenvalue weighted by atomic mass is 16.1. The van der Waals surface area contributed by atoms with Crippen LogP contribution in [0.3, 0.4) is 0 Å². The summed E-state index contributed by atoms with van der Waals surface area (Å²) in [6, 6.07) is 1.60. The largest absolute Gasteiger partial charge is 0.370 e. The molecule has 1 heterocycles. The van der Waals surface area contributed by atoms with E-state index in [9.17, 15) is 4.79 Å². The highest BCUT2D eigenvalue weighted by Crippen LogP contribution is 1.89. The second kappa shape index (κ2) is 5.63. The Morgan fingerprint density at radius 1 is 1.60 bits per heavy atom. The molecule has 0 aromatic carbocycles. The molecule has 0 unspecified atom stereocenters. The van der Waals surface area contributed by atoms with Crippen molar-refractivity contribution in [3.05, 3.63) is 18.0 Å². The lowest BCUT2D eigenvalue weighted by molar-refractivity contribution is 0.0949. The minimum Gasteiger partial charge on any atom is -0.370 e. The van der Waals surface area contributed by atoms with E-state index in [1.165, 1.54) is 6.20 Å². The number of nitrogens with one attached hydrogen (secondary N) is 3. The molecular formula is C8H14N6O. The number of nitrogens with two attached hydrogens (primary N) is 1. The van der Waals surface area contributed by atoms with Crippen LogP contribution in [0.4, 0.5) is 0 Å². The summed E-state index contributed by atoms with van der Waals surface area (Å²) < 4.78 is 0. The van der Waals surface area contributed by atoms with Crippen LogP contribution in [-0.4, -0.2) is 42.2 Å². The maximum atomic E-state index is 11.3. The molecular weight excluding hydrogens is 196 g/mol. The van der Waals surface area contributed by atoms with Crippen LogP contribution in [0.1, 0.15) is 10.5 Å². The number of H-pyrrole nitrogens is 1. The second-order valence-electron chi connectivity index (χ2n) is 2.76. The summed E-state index contributed by atoms with van der Waals surface area (Å²) in [7, 11) is 1.59. The standard InChI is InChI=1S/C8H14N6O/c1-10-8(9)12-5-4-11-7(15)6-2-3-13-14-6/h2-3H,4-5H2,1H3,(H,11,15)(H,13,14)(H3,9,10,12). The van der Waals surface area contributed by atoms with Gasteiger partial charge in [-0.05, 0) is 6.07 Å². The molecule has 7 heteroatoms. The molecule has 5 N–H and O–H groups in total. The molecule has 7 nitrogen and oxygen atoms in total. The van der Waals surface area contributed by atoms with Crippen LogP contribution in [0.2, 0.25) is 0 Å². The second-order valence-corrected chi connectivity index (χ2v) is 2.76. The van der Waals surface area contributed by atoms with Gasteiger partial charge < -0.3 is 16.4 Å². The first-order valence-corrected chi connectivity index (χ1v) is 4.47. The van der Waals surface area contributed by atoms with E-state index < -0.39 is 0 Å². The molecule has 15 heavy (non-hydrogen) atoms. The van der Waals surface area contributed by atoms with Crippen molar-refractivity contribution in [1.82, 2.24) is 20.8 Å². The van der Waals surface area contributed by atoms with Gasteiger partial charge in [0.05, 0.1) is 0 Å². The van der Waals surface area contributed by atoms with Crippen molar-refractivity contribution in [1.29, 1.82) is 0 Å². The number of carbonyl (C=O) groups is 1. The lowest BCUT2D eigenvalue weighted by Crippen LogP contribution is -2.38. The quantitative estimate of drug-likeness (QED) is 0.280. The first kappa shape index (κ1) is 11.0. The van der Waals surface area contributed by atoms with Crippen LogP contribution in [0.5, 0.6) is 0 Å². The third kappa shape index (κ3) is 3.67. The summed E-state index contributed by atoms with van der Waals surface area (Å²) in [5.41, 5.74) is 5.83. The molecule has 0 saturated heterocycles. The normalized spacial score (nSPS) is 11.1. The Balaban J connectivity index is 2.19. The fourth-order valence-corrected chi connectivity index (χ4v) is 0.923. The van der Waals surface area contributed by atoms with Gasteiger partial charge in [-0.3, -0.25) is 14.9 Å². The first-order chi connectivity index (χ1) is 7.24. The van der Waals surface area contributed by atoms with Gasteiger partial charge in [0.1, 0.15) is 5.69 Å². The minimum atomic E-state index is -0.193. The number of hydrogen-bond acceptors (Lipinski definition) is 3. The Morgan fingerprint density at radius 2 is 2.33 bits per heavy atom. The van der Waals surface area contributed by atoms with Crippen molar-refractivity contribution in [3.8, 4) is 0 Å². The van der Waals surface area contributed by atoms with Gasteiger partial charge in [-0.25, -0.2) is 0 Å². The predicted molar refractivity (Wildman–Crippen MR) is 56.5 cm³/mol. The number of aliphatic imine (C=N–C) groups is 1. The first-order valence-electron chi connectivity index (χ1n) is 4.47. The third-order valence-corrected chi connectivity index (χ3v) is 1.70. The fraction of sp³-hybridized carbons (Fsp3) is 0.375. The van der Waals surface area contributed by atoms with E-state index in [-0.39, 0.29) is 5.91 Å². The molecule has 1 amide bonds. The Hall–Kier alpha value is -2.05. The van der Waals surface area contributed by atoms with Crippen molar-refractivity contribution in [2.24, 2.45) is 10.7 Å². The Kier molecular flexibility index (Phi) is 4.14. The molecule has 1 rings (SSSR count). The molecule has 82 valence electrons. The Bertz CT molecular complexity index is 331. The van der Waals surface area contributed by atoms with Crippen LogP contribution < -0.4 is 16.4 Å². The van der Waals surface area contributed by atoms with Crippen molar-refractivity contribution in [2.75, 3.05) is 20.1 Å². The van der Waals surface area contributed by atoms with Gasteiger partial charge in [0.15, 0.2) is 5.96 Å². The van der Waals surface area contributed by atoms with Gasteiger partial charge in [0.25, 0.3) is 5.91 Å². The van der Waals surface area contributed by atoms with E-state index in [0.29, 0.717) is 24.7 Å². The molecule has 1 aromatic heterocycles. The van der Waals surface area contributed by atoms with E-state index in [4.69, 9.17) is 5.73 Å². The van der Waals surface area contributed by atoms with Crippen LogP contribution >= 0.6 is 0 Å². The maximum Gasteiger partial charge on any atom is 0.269 e. The van der Waals surface area contributed by atoms with Crippen LogP contribution in [0, 0.1) is 0 Å². The zero-order valence-corrected chi connectivity index (χ0v) is 8.45. The average molecular weight is 210 g/mol. The number of nitrogens with zero attached hydrogens (tertiary/aromatic N) is 2. The molecule has 0 saturated carbocycles. The maximum absolute atomic E-state index is 11.3. The number of hydrogen-bond donors (Lipinski definition) is 4. The number of carbonyl (C=O) groups excluding carboxylic acids is 1. The monoisotopic (exact) mass is 210 g/mol. The van der Waals surface area contributed by atoms with Crippen molar-refractivity contribution in [2.45, 2.75) is 0 Å². The van der Waals surface area contributed by atoms with Crippen molar-refractivity contribution < 1.29 is 4.79 Å². The number of guanidine groups is 1. The highest BCUT2D eigenvalue weighted by Gasteiger charge is 2.04. The molecule has 0 fully saturated rings. The van der Waals surface area contributed by atoms with Gasteiger partial charge >= 0.3 is 0 Å². The summed E-state index contributed by atoms with van der Waals surface area (Å²) in [5.74, 6) is 0.159. The van der Waals surface area contributed by atoms with Gasteiger partial charge in [-0.1, -0.05) is 0 Å². The molecule has 0 spiro atoms. The minimum absolute atomic E-state index is 0.193. The zero-order valence-electron chi connectivity index (χ0n) is 8.45. The molecule has 0 aliphatic carbocycles. The average Bonchev–Trinajstić information content (AvgIpc) is 2.77. The van der Waals surface area contributed by atoms with Gasteiger partial charge in [0.2, 0.25) is 0 Å². The van der Waals surface area contributed by atoms with E-state index in [0.717, 1.165) is 0 Å². The van der Waals surface area contributed by atoms with E-state index in [1.807, 2.05) is 0 Å². The van der Waals surface area contributed by atoms with Crippen LogP contribution in [0.15, 0.2) is 17.3 Å². The van der Waals surface area contributed by atoms with E-state index >= 15 is 0 Å². The highest BCUT2D eigenvalue weighted by molar-refractivity contribution is 5.92. The van der Waals surface area contributed by atoms with E-state index in [1.54, 1.807) is 13.1 Å². The number of rotatable bonds is 4. The summed E-state index contributed by atoms with van der Waals surface area (Å²) >= 11 is 0. The van der Waals surface area contributed by atoms with Gasteiger partial charge in [-0.15, -0.1) is 0 Å². The molecule has 0 aliphatic heterocycles. The molecule has 0 radical (unpaired) electrons. The van der Waals surface area contributed by atoms with Crippen molar-refractivity contribution in [3.63, 3.8) is 0 Å². The third-order valence-electron chi connectivity index (χ3n) is 1.70. The topological polar surface area (TPSA) is 108 Å². The van der Waals surface area contributed by atoms with Crippen molar-refractivity contribution >= 4 is 11.9 Å². The van der Waals surface area contributed by atoms with Crippen LogP contribution in [0.25, 0.3) is 0 Å². The molecule has 0 aliphatic rings. The SMILES string of the molecule is CN=C(N)NCCNC(=O)c1ccn[nH]1. The number of amides is 1. The van der Waals surface area contributed by atoms with Gasteiger partial charge in [0, 0.05) is 26.3 Å². The van der Waals surface area contributed by atoms with E-state index in [2.05, 4.69) is 25.8 Å². The Labute approximate surface area is 87.1 Å². The summed E-state index contributed by atoms with van der Waals surface area (Å²) in [5, 5.41) is 11.7. The summed E-state index contributed by atoms with van der Waals surface area (Å²) in [4.78, 5) is 15.1. The van der Waals surface area contributed by atoms with Crippen LogP contribution in [-0.2, 0) is 0 Å². The summed E-state index contributed by atoms with van der Waals surface area (Å²) in [6.45, 7) is 0.997. The van der Waals surface area contributed by atoms with Gasteiger partial charge in [-0.2, -0.15) is 5.10 Å². The zero-order chi connectivity index (χ0) is 11.1. The molecule has 0 atom stereocenters. The molecule has 0 bridgehead atoms. The lowest BCUT2D eigenvalue weighted by Gasteiger charge is -2.05.